The summed E-state index contributed by atoms with van der Waals surface area (Å²) < 4.78 is 40.0. The standard InChI is InChI=1S/C20H22F3N3O2/c1-4-13-7-5-6-8-15(13)24-17(27)11-26(3)12(2)20(28)25-16-10-9-14(21)18(22)19(16)23/h5-10,12H,4,11H2,1-3H3,(H,24,27)(H,25,28)/t12-/m0/s1. The van der Waals surface area contributed by atoms with Crippen LogP contribution in [0.5, 0.6) is 0 Å². The van der Waals surface area contributed by atoms with E-state index in [2.05, 4.69) is 10.6 Å². The first-order valence-electron chi connectivity index (χ1n) is 8.77. The molecule has 0 spiro atoms. The van der Waals surface area contributed by atoms with Gasteiger partial charge in [-0.25, -0.2) is 13.2 Å². The number of hydrogen-bond acceptors (Lipinski definition) is 3. The third-order valence-corrected chi connectivity index (χ3v) is 4.40. The molecule has 0 fully saturated rings. The normalized spacial score (nSPS) is 12.0. The van der Waals surface area contributed by atoms with E-state index in [1.54, 1.807) is 13.1 Å². The second-order valence-electron chi connectivity index (χ2n) is 6.36. The fraction of sp³-hybridized carbons (Fsp3) is 0.300. The molecule has 0 radical (unpaired) electrons. The molecule has 2 rings (SSSR count). The number of carbonyl (C=O) groups is 2. The van der Waals surface area contributed by atoms with Gasteiger partial charge >= 0.3 is 0 Å². The summed E-state index contributed by atoms with van der Waals surface area (Å²) in [6, 6.07) is 8.23. The van der Waals surface area contributed by atoms with E-state index in [9.17, 15) is 22.8 Å². The highest BCUT2D eigenvalue weighted by Crippen LogP contribution is 2.20. The van der Waals surface area contributed by atoms with Gasteiger partial charge in [-0.2, -0.15) is 0 Å². The number of likely N-dealkylation sites (N-methyl/N-ethyl adjacent to an activating group) is 1. The van der Waals surface area contributed by atoms with Crippen LogP contribution in [-0.4, -0.2) is 36.3 Å². The van der Waals surface area contributed by atoms with Gasteiger partial charge in [-0.05, 0) is 44.2 Å². The molecule has 2 aromatic rings. The maximum atomic E-state index is 13.7. The van der Waals surface area contributed by atoms with E-state index in [0.29, 0.717) is 5.69 Å². The van der Waals surface area contributed by atoms with Gasteiger partial charge in [0.05, 0.1) is 18.3 Å². The van der Waals surface area contributed by atoms with Gasteiger partial charge in [-0.3, -0.25) is 14.5 Å². The highest BCUT2D eigenvalue weighted by Gasteiger charge is 2.23. The van der Waals surface area contributed by atoms with E-state index in [4.69, 9.17) is 0 Å². The maximum Gasteiger partial charge on any atom is 0.241 e. The molecule has 150 valence electrons. The van der Waals surface area contributed by atoms with Crippen LogP contribution in [0.4, 0.5) is 24.5 Å². The number of anilines is 2. The third-order valence-electron chi connectivity index (χ3n) is 4.40. The highest BCUT2D eigenvalue weighted by molar-refractivity contribution is 5.96. The Morgan fingerprint density at radius 3 is 2.36 bits per heavy atom. The van der Waals surface area contributed by atoms with E-state index in [-0.39, 0.29) is 12.5 Å². The molecule has 0 heterocycles. The van der Waals surface area contributed by atoms with Crippen molar-refractivity contribution >= 4 is 23.2 Å². The summed E-state index contributed by atoms with van der Waals surface area (Å²) in [5.41, 5.74) is 1.22. The number of nitrogens with one attached hydrogen (secondary N) is 2. The maximum absolute atomic E-state index is 13.7. The quantitative estimate of drug-likeness (QED) is 0.707. The van der Waals surface area contributed by atoms with Crippen molar-refractivity contribution in [3.8, 4) is 0 Å². The van der Waals surface area contributed by atoms with Crippen molar-refractivity contribution in [2.24, 2.45) is 0 Å². The van der Waals surface area contributed by atoms with Crippen molar-refractivity contribution in [3.63, 3.8) is 0 Å². The van der Waals surface area contributed by atoms with E-state index < -0.39 is 35.1 Å². The summed E-state index contributed by atoms with van der Waals surface area (Å²) in [6.07, 6.45) is 0.755. The molecular weight excluding hydrogens is 371 g/mol. The third kappa shape index (κ3) is 5.10. The highest BCUT2D eigenvalue weighted by atomic mass is 19.2. The zero-order chi connectivity index (χ0) is 20.8. The molecule has 0 unspecified atom stereocenters. The average molecular weight is 393 g/mol. The molecule has 1 atom stereocenters. The Bertz CT molecular complexity index is 874. The summed E-state index contributed by atoms with van der Waals surface area (Å²) in [7, 11) is 1.55. The minimum absolute atomic E-state index is 0.0904. The number of amides is 2. The topological polar surface area (TPSA) is 61.4 Å². The first-order chi connectivity index (χ1) is 13.2. The van der Waals surface area contributed by atoms with Crippen molar-refractivity contribution in [1.29, 1.82) is 0 Å². The Morgan fingerprint density at radius 1 is 1.00 bits per heavy atom. The lowest BCUT2D eigenvalue weighted by atomic mass is 10.1. The van der Waals surface area contributed by atoms with Crippen LogP contribution < -0.4 is 10.6 Å². The second-order valence-corrected chi connectivity index (χ2v) is 6.36. The van der Waals surface area contributed by atoms with Crippen molar-refractivity contribution in [2.75, 3.05) is 24.2 Å². The number of nitrogens with zero attached hydrogens (tertiary/aromatic N) is 1. The van der Waals surface area contributed by atoms with Crippen LogP contribution in [0.1, 0.15) is 19.4 Å². The second kappa shape index (κ2) is 9.36. The van der Waals surface area contributed by atoms with Gasteiger partial charge in [-0.15, -0.1) is 0 Å². The van der Waals surface area contributed by atoms with Crippen molar-refractivity contribution in [3.05, 3.63) is 59.4 Å². The molecule has 0 aliphatic heterocycles. The largest absolute Gasteiger partial charge is 0.325 e. The van der Waals surface area contributed by atoms with E-state index in [1.165, 1.54) is 11.8 Å². The minimum atomic E-state index is -1.66. The molecule has 0 bridgehead atoms. The molecule has 28 heavy (non-hydrogen) atoms. The zero-order valence-electron chi connectivity index (χ0n) is 15.9. The Balaban J connectivity index is 1.98. The molecule has 2 aromatic carbocycles. The van der Waals surface area contributed by atoms with E-state index in [1.807, 2.05) is 25.1 Å². The van der Waals surface area contributed by atoms with Gasteiger partial charge in [0.25, 0.3) is 0 Å². The predicted molar refractivity (Wildman–Crippen MR) is 101 cm³/mol. The monoisotopic (exact) mass is 393 g/mol. The lowest BCUT2D eigenvalue weighted by Crippen LogP contribution is -2.43. The van der Waals surface area contributed by atoms with Crippen molar-refractivity contribution in [2.45, 2.75) is 26.3 Å². The van der Waals surface area contributed by atoms with Gasteiger partial charge in [-0.1, -0.05) is 25.1 Å². The molecule has 0 aromatic heterocycles. The van der Waals surface area contributed by atoms with Crippen LogP contribution in [0.2, 0.25) is 0 Å². The number of para-hydroxylation sites is 1. The van der Waals surface area contributed by atoms with Crippen LogP contribution >= 0.6 is 0 Å². The Hall–Kier alpha value is -2.87. The molecule has 5 nitrogen and oxygen atoms in total. The molecule has 0 aliphatic carbocycles. The summed E-state index contributed by atoms with van der Waals surface area (Å²) in [6.45, 7) is 3.40. The van der Waals surface area contributed by atoms with Gasteiger partial charge in [0, 0.05) is 5.69 Å². The first-order valence-corrected chi connectivity index (χ1v) is 8.77. The molecule has 8 heteroatoms. The van der Waals surface area contributed by atoms with Gasteiger partial charge in [0.15, 0.2) is 17.5 Å². The average Bonchev–Trinajstić information content (AvgIpc) is 2.68. The Kier molecular flexibility index (Phi) is 7.17. The number of hydrogen-bond donors (Lipinski definition) is 2. The number of aryl methyl sites for hydroxylation is 1. The first kappa shape index (κ1) is 21.4. The van der Waals surface area contributed by atoms with Crippen LogP contribution in [0.25, 0.3) is 0 Å². The smallest absolute Gasteiger partial charge is 0.241 e. The Morgan fingerprint density at radius 2 is 1.68 bits per heavy atom. The van der Waals surface area contributed by atoms with Crippen LogP contribution in [0, 0.1) is 17.5 Å². The zero-order valence-corrected chi connectivity index (χ0v) is 15.9. The predicted octanol–water partition coefficient (Wildman–Crippen LogP) is 3.56. The fourth-order valence-electron chi connectivity index (χ4n) is 2.56. The molecule has 0 saturated carbocycles. The lowest BCUT2D eigenvalue weighted by Gasteiger charge is -2.23. The molecule has 2 amide bonds. The summed E-state index contributed by atoms with van der Waals surface area (Å²) in [4.78, 5) is 26.0. The number of rotatable bonds is 7. The molecular formula is C20H22F3N3O2. The fourth-order valence-corrected chi connectivity index (χ4v) is 2.56. The number of benzene rings is 2. The van der Waals surface area contributed by atoms with E-state index in [0.717, 1.165) is 24.1 Å². The minimum Gasteiger partial charge on any atom is -0.325 e. The van der Waals surface area contributed by atoms with Gasteiger partial charge in [0.2, 0.25) is 11.8 Å². The summed E-state index contributed by atoms with van der Waals surface area (Å²) >= 11 is 0. The SMILES string of the molecule is CCc1ccccc1NC(=O)CN(C)[C@@H](C)C(=O)Nc1ccc(F)c(F)c1F. The van der Waals surface area contributed by atoms with Crippen LogP contribution in [0.3, 0.4) is 0 Å². The van der Waals surface area contributed by atoms with Crippen molar-refractivity contribution in [1.82, 2.24) is 4.90 Å². The molecule has 0 aliphatic rings. The number of halogens is 3. The number of carbonyl (C=O) groups excluding carboxylic acids is 2. The molecule has 0 saturated heterocycles. The molecule has 2 N–H and O–H groups in total. The van der Waals surface area contributed by atoms with Gasteiger partial charge < -0.3 is 10.6 Å². The van der Waals surface area contributed by atoms with E-state index >= 15 is 0 Å². The lowest BCUT2D eigenvalue weighted by molar-refractivity contribution is -0.122. The van der Waals surface area contributed by atoms with Crippen LogP contribution in [0.15, 0.2) is 36.4 Å². The summed E-state index contributed by atoms with van der Waals surface area (Å²) in [5, 5.41) is 5.00. The summed E-state index contributed by atoms with van der Waals surface area (Å²) in [5.74, 6) is -5.45. The van der Waals surface area contributed by atoms with Crippen LogP contribution in [-0.2, 0) is 16.0 Å². The van der Waals surface area contributed by atoms with Crippen molar-refractivity contribution < 1.29 is 22.8 Å². The van der Waals surface area contributed by atoms with Gasteiger partial charge in [0.1, 0.15) is 0 Å². The Labute approximate surface area is 161 Å².